The van der Waals surface area contributed by atoms with Crippen molar-refractivity contribution in [3.63, 3.8) is 0 Å². The maximum absolute atomic E-state index is 12.7. The number of anilines is 1. The van der Waals surface area contributed by atoms with E-state index in [9.17, 15) is 4.79 Å². The van der Waals surface area contributed by atoms with Crippen molar-refractivity contribution in [2.75, 3.05) is 31.1 Å². The molecule has 2 aliphatic rings. The van der Waals surface area contributed by atoms with Crippen LogP contribution < -0.4 is 10.2 Å². The van der Waals surface area contributed by atoms with Crippen molar-refractivity contribution in [1.82, 2.24) is 19.7 Å². The number of allylic oxidation sites excluding steroid dienone is 1. The Labute approximate surface area is 155 Å². The molecular weight excluding hydrogens is 346 g/mol. The van der Waals surface area contributed by atoms with Crippen molar-refractivity contribution in [3.05, 3.63) is 46.9 Å². The van der Waals surface area contributed by atoms with Crippen LogP contribution in [0.3, 0.4) is 0 Å². The first kappa shape index (κ1) is 15.7. The number of thiazole rings is 1. The smallest absolute Gasteiger partial charge is 0.194 e. The Morgan fingerprint density at radius 3 is 2.85 bits per heavy atom. The van der Waals surface area contributed by atoms with Crippen LogP contribution in [0.2, 0.25) is 0 Å². The number of Topliss-reactive ketones (excluding diaryl/α,β-unsaturated/α-hetero) is 1. The molecule has 7 heteroatoms. The maximum atomic E-state index is 12.7. The lowest BCUT2D eigenvalue weighted by Gasteiger charge is -2.28. The van der Waals surface area contributed by atoms with Crippen LogP contribution in [0.25, 0.3) is 16.6 Å². The van der Waals surface area contributed by atoms with Crippen LogP contribution >= 0.6 is 11.3 Å². The van der Waals surface area contributed by atoms with Gasteiger partial charge in [-0.05, 0) is 30.2 Å². The molecule has 0 bridgehead atoms. The molecular formula is C19H19N5OS. The van der Waals surface area contributed by atoms with E-state index in [4.69, 9.17) is 4.98 Å². The van der Waals surface area contributed by atoms with Crippen molar-refractivity contribution >= 4 is 39.5 Å². The van der Waals surface area contributed by atoms with Gasteiger partial charge in [0, 0.05) is 55.9 Å². The molecule has 0 radical (unpaired) electrons. The monoisotopic (exact) mass is 365 g/mol. The topological polar surface area (TPSA) is 62.5 Å². The summed E-state index contributed by atoms with van der Waals surface area (Å²) in [6.07, 6.45) is 7.01. The summed E-state index contributed by atoms with van der Waals surface area (Å²) in [5.41, 5.74) is 3.48. The van der Waals surface area contributed by atoms with E-state index in [2.05, 4.69) is 27.3 Å². The standard InChI is InChI=1S/C19H19N5OS/c25-17-3-2-15-13(1-4-18(21-15)23-7-5-20-6-8-23)11-14(17)16-12-24-9-10-26-19(24)22-16/h1,4,9-12,20H,2-3,5-8H2. The summed E-state index contributed by atoms with van der Waals surface area (Å²) in [4.78, 5) is 25.4. The van der Waals surface area contributed by atoms with E-state index in [1.165, 1.54) is 0 Å². The molecule has 1 saturated heterocycles. The minimum absolute atomic E-state index is 0.137. The second-order valence-corrected chi connectivity index (χ2v) is 7.52. The fraction of sp³-hybridized carbons (Fsp3) is 0.316. The molecule has 1 aliphatic carbocycles. The van der Waals surface area contributed by atoms with Crippen LogP contribution in [0.5, 0.6) is 0 Å². The summed E-state index contributed by atoms with van der Waals surface area (Å²) in [6.45, 7) is 3.91. The van der Waals surface area contributed by atoms with E-state index in [-0.39, 0.29) is 5.78 Å². The van der Waals surface area contributed by atoms with Gasteiger partial charge >= 0.3 is 0 Å². The van der Waals surface area contributed by atoms with Gasteiger partial charge in [0.2, 0.25) is 0 Å². The maximum Gasteiger partial charge on any atom is 0.194 e. The van der Waals surface area contributed by atoms with Crippen LogP contribution in [0.4, 0.5) is 5.82 Å². The van der Waals surface area contributed by atoms with Crippen molar-refractivity contribution in [2.24, 2.45) is 0 Å². The zero-order valence-corrected chi connectivity index (χ0v) is 15.1. The number of imidazole rings is 1. The minimum atomic E-state index is 0.137. The van der Waals surface area contributed by atoms with Gasteiger partial charge in [0.25, 0.3) is 0 Å². The number of aryl methyl sites for hydroxylation is 1. The van der Waals surface area contributed by atoms with Crippen LogP contribution in [0.1, 0.15) is 23.4 Å². The van der Waals surface area contributed by atoms with Gasteiger partial charge in [0.05, 0.1) is 11.4 Å². The highest BCUT2D eigenvalue weighted by Gasteiger charge is 2.22. The van der Waals surface area contributed by atoms with Crippen LogP contribution in [-0.2, 0) is 11.2 Å². The van der Waals surface area contributed by atoms with Gasteiger partial charge in [-0.3, -0.25) is 9.20 Å². The van der Waals surface area contributed by atoms with Gasteiger partial charge in [-0.2, -0.15) is 0 Å². The molecule has 1 fully saturated rings. The Morgan fingerprint density at radius 1 is 1.12 bits per heavy atom. The lowest BCUT2D eigenvalue weighted by molar-refractivity contribution is -0.113. The molecule has 4 heterocycles. The highest BCUT2D eigenvalue weighted by atomic mass is 32.1. The van der Waals surface area contributed by atoms with E-state index < -0.39 is 0 Å². The summed E-state index contributed by atoms with van der Waals surface area (Å²) >= 11 is 1.57. The Balaban J connectivity index is 1.52. The number of nitrogens with zero attached hydrogens (tertiary/aromatic N) is 4. The number of rotatable bonds is 2. The molecule has 132 valence electrons. The zero-order valence-electron chi connectivity index (χ0n) is 14.3. The molecule has 0 spiro atoms. The highest BCUT2D eigenvalue weighted by Crippen LogP contribution is 2.28. The summed E-state index contributed by atoms with van der Waals surface area (Å²) < 4.78 is 1.96. The second-order valence-electron chi connectivity index (χ2n) is 6.64. The van der Waals surface area contributed by atoms with Crippen LogP contribution in [0.15, 0.2) is 29.9 Å². The molecule has 5 rings (SSSR count). The lowest BCUT2D eigenvalue weighted by Crippen LogP contribution is -2.44. The fourth-order valence-electron chi connectivity index (χ4n) is 3.58. The molecule has 1 aliphatic heterocycles. The van der Waals surface area contributed by atoms with Gasteiger partial charge in [-0.1, -0.05) is 0 Å². The normalized spacial score (nSPS) is 17.9. The predicted molar refractivity (Wildman–Crippen MR) is 104 cm³/mol. The largest absolute Gasteiger partial charge is 0.354 e. The van der Waals surface area contributed by atoms with Crippen LogP contribution in [0, 0.1) is 0 Å². The SMILES string of the molecule is O=C1CCc2nc(N3CCNCC3)ccc2C=C1c1cn2ccsc2n1. The van der Waals surface area contributed by atoms with E-state index in [1.807, 2.05) is 28.3 Å². The van der Waals surface area contributed by atoms with Gasteiger partial charge in [0.15, 0.2) is 10.7 Å². The number of piperazine rings is 1. The number of ketones is 1. The Bertz CT molecular complexity index is 984. The second kappa shape index (κ2) is 6.34. The third kappa shape index (κ3) is 2.73. The first-order chi connectivity index (χ1) is 12.8. The van der Waals surface area contributed by atoms with Crippen molar-refractivity contribution in [2.45, 2.75) is 12.8 Å². The van der Waals surface area contributed by atoms with E-state index in [1.54, 1.807) is 11.3 Å². The molecule has 6 nitrogen and oxygen atoms in total. The van der Waals surface area contributed by atoms with Gasteiger partial charge < -0.3 is 10.2 Å². The molecule has 0 atom stereocenters. The fourth-order valence-corrected chi connectivity index (χ4v) is 4.28. The summed E-state index contributed by atoms with van der Waals surface area (Å²) in [5, 5.41) is 5.36. The number of aromatic nitrogens is 3. The first-order valence-corrected chi connectivity index (χ1v) is 9.79. The predicted octanol–water partition coefficient (Wildman–Crippen LogP) is 2.26. The first-order valence-electron chi connectivity index (χ1n) is 8.91. The Morgan fingerprint density at radius 2 is 2.00 bits per heavy atom. The van der Waals surface area contributed by atoms with Crippen molar-refractivity contribution < 1.29 is 4.79 Å². The van der Waals surface area contributed by atoms with Crippen molar-refractivity contribution in [1.29, 1.82) is 0 Å². The molecule has 0 saturated carbocycles. The minimum Gasteiger partial charge on any atom is -0.354 e. The molecule has 1 N–H and O–H groups in total. The molecule has 0 aromatic carbocycles. The quantitative estimate of drug-likeness (QED) is 0.755. The van der Waals surface area contributed by atoms with E-state index in [0.717, 1.165) is 53.9 Å². The average molecular weight is 365 g/mol. The van der Waals surface area contributed by atoms with Crippen molar-refractivity contribution in [3.8, 4) is 0 Å². The number of hydrogen-bond donors (Lipinski definition) is 1. The van der Waals surface area contributed by atoms with Gasteiger partial charge in [-0.25, -0.2) is 9.97 Å². The molecule has 0 amide bonds. The number of hydrogen-bond acceptors (Lipinski definition) is 6. The third-order valence-corrected chi connectivity index (χ3v) is 5.76. The van der Waals surface area contributed by atoms with E-state index >= 15 is 0 Å². The Hall–Kier alpha value is -2.51. The number of carbonyl (C=O) groups is 1. The molecule has 26 heavy (non-hydrogen) atoms. The van der Waals surface area contributed by atoms with Gasteiger partial charge in [0.1, 0.15) is 5.82 Å². The zero-order chi connectivity index (χ0) is 17.5. The Kier molecular flexibility index (Phi) is 3.83. The summed E-state index contributed by atoms with van der Waals surface area (Å²) in [6, 6.07) is 4.16. The summed E-state index contributed by atoms with van der Waals surface area (Å²) in [7, 11) is 0. The van der Waals surface area contributed by atoms with E-state index in [0.29, 0.717) is 18.4 Å². The molecule has 3 aromatic heterocycles. The third-order valence-electron chi connectivity index (χ3n) is 4.99. The number of fused-ring (bicyclic) bond motifs is 2. The number of carbonyl (C=O) groups excluding carboxylic acids is 1. The number of nitrogens with one attached hydrogen (secondary N) is 1. The van der Waals surface area contributed by atoms with Gasteiger partial charge in [-0.15, -0.1) is 11.3 Å². The summed E-state index contributed by atoms with van der Waals surface area (Å²) in [5.74, 6) is 1.15. The van der Waals surface area contributed by atoms with Crippen LogP contribution in [-0.4, -0.2) is 46.3 Å². The highest BCUT2D eigenvalue weighted by molar-refractivity contribution is 7.15. The molecule has 0 unspecified atom stereocenters. The molecule has 3 aromatic rings. The number of pyridine rings is 1. The lowest BCUT2D eigenvalue weighted by atomic mass is 10.1. The average Bonchev–Trinajstić information content (AvgIpc) is 3.23.